The van der Waals surface area contributed by atoms with Gasteiger partial charge in [0.2, 0.25) is 0 Å². The summed E-state index contributed by atoms with van der Waals surface area (Å²) in [5.74, 6) is -1.01. The van der Waals surface area contributed by atoms with Gasteiger partial charge in [0.05, 0.1) is 5.69 Å². The molecule has 3 N–H and O–H groups in total. The molecule has 1 aromatic rings. The standard InChI is InChI=1S/C9H14BFN2O4S/c1-3-13(2)18(16,17)12-8-6-4-5-7(9(8)11)10(14)15/h4-6,12,14-15H,3H2,1-2H3. The van der Waals surface area contributed by atoms with E-state index >= 15 is 0 Å². The van der Waals surface area contributed by atoms with Crippen LogP contribution in [0.4, 0.5) is 10.1 Å². The average Bonchev–Trinajstić information content (AvgIpc) is 2.30. The van der Waals surface area contributed by atoms with Crippen molar-refractivity contribution in [1.29, 1.82) is 0 Å². The molecule has 1 rings (SSSR count). The zero-order valence-electron chi connectivity index (χ0n) is 9.96. The molecule has 0 saturated carbocycles. The minimum Gasteiger partial charge on any atom is -0.423 e. The number of rotatable bonds is 5. The van der Waals surface area contributed by atoms with E-state index in [9.17, 15) is 12.8 Å². The largest absolute Gasteiger partial charge is 0.491 e. The van der Waals surface area contributed by atoms with Gasteiger partial charge in [0.15, 0.2) is 0 Å². The molecule has 1 aromatic carbocycles. The van der Waals surface area contributed by atoms with Crippen LogP contribution >= 0.6 is 0 Å². The normalized spacial score (nSPS) is 11.7. The number of benzene rings is 1. The maximum absolute atomic E-state index is 13.8. The fraction of sp³-hybridized carbons (Fsp3) is 0.333. The van der Waals surface area contributed by atoms with Gasteiger partial charge in [0.25, 0.3) is 0 Å². The minimum atomic E-state index is -3.85. The van der Waals surface area contributed by atoms with Crippen LogP contribution in [0.3, 0.4) is 0 Å². The number of nitrogens with zero attached hydrogens (tertiary/aromatic N) is 1. The number of halogens is 1. The Morgan fingerprint density at radius 1 is 1.44 bits per heavy atom. The fourth-order valence-electron chi connectivity index (χ4n) is 1.21. The van der Waals surface area contributed by atoms with E-state index in [0.29, 0.717) is 0 Å². The number of hydrogen-bond acceptors (Lipinski definition) is 4. The fourth-order valence-corrected chi connectivity index (χ4v) is 2.15. The predicted molar refractivity (Wildman–Crippen MR) is 67.1 cm³/mol. The summed E-state index contributed by atoms with van der Waals surface area (Å²) in [7, 11) is -4.51. The molecular weight excluding hydrogens is 262 g/mol. The van der Waals surface area contributed by atoms with Crippen molar-refractivity contribution in [3.8, 4) is 0 Å². The molecule has 9 heteroatoms. The van der Waals surface area contributed by atoms with Gasteiger partial charge < -0.3 is 10.0 Å². The van der Waals surface area contributed by atoms with Gasteiger partial charge in [-0.2, -0.15) is 12.7 Å². The Labute approximate surface area is 105 Å². The van der Waals surface area contributed by atoms with Gasteiger partial charge >= 0.3 is 17.3 Å². The van der Waals surface area contributed by atoms with Crippen LogP contribution in [0.15, 0.2) is 18.2 Å². The molecule has 6 nitrogen and oxygen atoms in total. The Hall–Kier alpha value is -1.16. The van der Waals surface area contributed by atoms with Crippen LogP contribution in [-0.4, -0.2) is 43.5 Å². The Morgan fingerprint density at radius 3 is 2.56 bits per heavy atom. The summed E-state index contributed by atoms with van der Waals surface area (Å²) in [6.45, 7) is 1.85. The van der Waals surface area contributed by atoms with E-state index in [4.69, 9.17) is 10.0 Å². The van der Waals surface area contributed by atoms with Gasteiger partial charge in [0.1, 0.15) is 5.82 Å². The third-order valence-electron chi connectivity index (χ3n) is 2.40. The summed E-state index contributed by atoms with van der Waals surface area (Å²) in [5.41, 5.74) is -0.727. The van der Waals surface area contributed by atoms with Crippen LogP contribution < -0.4 is 10.2 Å². The van der Waals surface area contributed by atoms with E-state index in [1.807, 2.05) is 4.72 Å². The highest BCUT2D eigenvalue weighted by molar-refractivity contribution is 7.90. The molecule has 0 spiro atoms. The van der Waals surface area contributed by atoms with Gasteiger partial charge in [-0.15, -0.1) is 0 Å². The van der Waals surface area contributed by atoms with Gasteiger partial charge in [-0.25, -0.2) is 4.39 Å². The van der Waals surface area contributed by atoms with Gasteiger partial charge in [-0.1, -0.05) is 19.1 Å². The van der Waals surface area contributed by atoms with Crippen molar-refractivity contribution in [2.24, 2.45) is 0 Å². The van der Waals surface area contributed by atoms with Crippen molar-refractivity contribution in [1.82, 2.24) is 4.31 Å². The number of anilines is 1. The minimum absolute atomic E-state index is 0.221. The summed E-state index contributed by atoms with van der Waals surface area (Å²) in [6.07, 6.45) is 0. The smallest absolute Gasteiger partial charge is 0.423 e. The molecule has 0 bridgehead atoms. The summed E-state index contributed by atoms with van der Waals surface area (Å²) in [5, 5.41) is 17.8. The first kappa shape index (κ1) is 14.9. The van der Waals surface area contributed by atoms with Crippen molar-refractivity contribution in [3.63, 3.8) is 0 Å². The highest BCUT2D eigenvalue weighted by Crippen LogP contribution is 2.14. The first-order valence-corrected chi connectivity index (χ1v) is 6.62. The second kappa shape index (κ2) is 5.66. The highest BCUT2D eigenvalue weighted by atomic mass is 32.2. The lowest BCUT2D eigenvalue weighted by Crippen LogP contribution is -2.36. The first-order valence-electron chi connectivity index (χ1n) is 5.18. The molecule has 0 saturated heterocycles. The van der Waals surface area contributed by atoms with Crippen molar-refractivity contribution >= 4 is 28.5 Å². The zero-order chi connectivity index (χ0) is 13.9. The lowest BCUT2D eigenvalue weighted by Gasteiger charge is -2.17. The zero-order valence-corrected chi connectivity index (χ0v) is 10.8. The van der Waals surface area contributed by atoms with E-state index in [-0.39, 0.29) is 12.2 Å². The van der Waals surface area contributed by atoms with Crippen molar-refractivity contribution < 1.29 is 22.9 Å². The molecular formula is C9H14BFN2O4S. The average molecular weight is 276 g/mol. The summed E-state index contributed by atoms with van der Waals surface area (Å²) in [6, 6.07) is 3.67. The molecule has 100 valence electrons. The van der Waals surface area contributed by atoms with E-state index in [1.165, 1.54) is 19.2 Å². The molecule has 0 aliphatic rings. The van der Waals surface area contributed by atoms with Crippen LogP contribution in [0.2, 0.25) is 0 Å². The highest BCUT2D eigenvalue weighted by Gasteiger charge is 2.22. The molecule has 0 aliphatic heterocycles. The molecule has 0 fully saturated rings. The lowest BCUT2D eigenvalue weighted by molar-refractivity contribution is 0.423. The topological polar surface area (TPSA) is 89.9 Å². The summed E-state index contributed by atoms with van der Waals surface area (Å²) in [4.78, 5) is 0. The second-order valence-electron chi connectivity index (χ2n) is 3.60. The maximum atomic E-state index is 13.8. The van der Waals surface area contributed by atoms with Crippen LogP contribution in [-0.2, 0) is 10.2 Å². The van der Waals surface area contributed by atoms with Crippen LogP contribution in [0.25, 0.3) is 0 Å². The Kier molecular flexibility index (Phi) is 4.68. The van der Waals surface area contributed by atoms with Gasteiger partial charge in [-0.3, -0.25) is 4.72 Å². The molecule has 0 aromatic heterocycles. The SMILES string of the molecule is CCN(C)S(=O)(=O)Nc1cccc(B(O)O)c1F. The summed E-state index contributed by atoms with van der Waals surface area (Å²) < 4.78 is 40.2. The third-order valence-corrected chi connectivity index (χ3v) is 3.96. The van der Waals surface area contributed by atoms with Crippen LogP contribution in [0.1, 0.15) is 6.92 Å². The van der Waals surface area contributed by atoms with Crippen LogP contribution in [0, 0.1) is 5.82 Å². The quantitative estimate of drug-likeness (QED) is 0.609. The monoisotopic (exact) mass is 276 g/mol. The van der Waals surface area contributed by atoms with Crippen molar-refractivity contribution in [2.45, 2.75) is 6.92 Å². The summed E-state index contributed by atoms with van der Waals surface area (Å²) >= 11 is 0. The molecule has 18 heavy (non-hydrogen) atoms. The Morgan fingerprint density at radius 2 is 2.06 bits per heavy atom. The molecule has 0 amide bonds. The van der Waals surface area contributed by atoms with Crippen molar-refractivity contribution in [3.05, 3.63) is 24.0 Å². The lowest BCUT2D eigenvalue weighted by atomic mass is 9.80. The van der Waals surface area contributed by atoms with Gasteiger partial charge in [0, 0.05) is 19.1 Å². The van der Waals surface area contributed by atoms with Gasteiger partial charge in [-0.05, 0) is 6.07 Å². The van der Waals surface area contributed by atoms with E-state index in [1.54, 1.807) is 6.92 Å². The molecule has 0 atom stereocenters. The molecule has 0 unspecified atom stereocenters. The number of hydrogen-bond donors (Lipinski definition) is 3. The molecule has 0 aliphatic carbocycles. The molecule has 0 heterocycles. The Bertz CT molecular complexity index is 523. The third kappa shape index (κ3) is 3.19. The van der Waals surface area contributed by atoms with E-state index in [2.05, 4.69) is 0 Å². The van der Waals surface area contributed by atoms with E-state index in [0.717, 1.165) is 10.4 Å². The maximum Gasteiger partial charge on any atom is 0.491 e. The van der Waals surface area contributed by atoms with Crippen molar-refractivity contribution in [2.75, 3.05) is 18.3 Å². The predicted octanol–water partition coefficient (Wildman–Crippen LogP) is -0.886. The Balaban J connectivity index is 3.10. The number of nitrogens with one attached hydrogen (secondary N) is 1. The first-order chi connectivity index (χ1) is 8.29. The molecule has 0 radical (unpaired) electrons. The van der Waals surface area contributed by atoms with Crippen LogP contribution in [0.5, 0.6) is 0 Å². The second-order valence-corrected chi connectivity index (χ2v) is 5.38. The van der Waals surface area contributed by atoms with E-state index < -0.39 is 28.6 Å².